The molecular formula is C87H96BrClN8O12Si2. The molecule has 578 valence electrons. The fourth-order valence-electron chi connectivity index (χ4n) is 13.8. The number of aliphatic imine (C=N–C) groups is 2. The Balaban J connectivity index is 0.000000150. The molecule has 16 rings (SSSR count). The van der Waals surface area contributed by atoms with E-state index in [1.807, 2.05) is 170 Å². The Hall–Kier alpha value is -9.51. The molecule has 4 fully saturated rings. The van der Waals surface area contributed by atoms with Crippen LogP contribution in [0.2, 0.25) is 39.3 Å². The van der Waals surface area contributed by atoms with Crippen LogP contribution in [0.1, 0.15) is 142 Å². The molecule has 24 heteroatoms. The summed E-state index contributed by atoms with van der Waals surface area (Å²) in [6.45, 7) is 18.2. The van der Waals surface area contributed by atoms with Gasteiger partial charge in [0.1, 0.15) is 45.4 Å². The molecule has 9 aliphatic rings. The number of ether oxygens (including phenoxy) is 8. The van der Waals surface area contributed by atoms with E-state index in [9.17, 15) is 9.59 Å². The third-order valence-corrected chi connectivity index (χ3v) is 21.0. The fourth-order valence-corrected chi connectivity index (χ4v) is 15.0. The Bertz CT molecular complexity index is 4780. The molecule has 7 aromatic carbocycles. The van der Waals surface area contributed by atoms with E-state index in [0.29, 0.717) is 80.7 Å². The number of nitrogens with two attached hydrogens (primary N) is 1. The first-order valence-corrected chi connectivity index (χ1v) is 44.9. The van der Waals surface area contributed by atoms with E-state index in [2.05, 4.69) is 111 Å². The van der Waals surface area contributed by atoms with Crippen molar-refractivity contribution in [2.75, 3.05) is 67.0 Å². The SMILES string of the molecule is CN1OC2(CC3(CCCOC3)Oc3ccc(C#Cc4ccccc4)cc32)N=C1N.CNO.C[Si](C)(C)N=C=N[Si](C)(C)C.Cl.N#CN=C1CC2(CCCOC2)Oc2ccc(C#Cc3ccccc3)cc21.O=C1CC2(CCCOC2)Oc2ccc(Br)cc21.O=C1CC2(CCCOC2)Oc2ccc(C#Cc3ccccc3)cc21. The number of carbonyl (C=O) groups excluding carboxylic acids is 2. The van der Waals surface area contributed by atoms with Gasteiger partial charge in [0.25, 0.3) is 0 Å². The van der Waals surface area contributed by atoms with Gasteiger partial charge in [-0.15, -0.1) is 12.4 Å². The average Bonchev–Trinajstić information content (AvgIpc) is 1.62. The van der Waals surface area contributed by atoms with Crippen molar-refractivity contribution in [2.24, 2.45) is 25.0 Å². The van der Waals surface area contributed by atoms with E-state index in [0.717, 1.165) is 144 Å². The second-order valence-electron chi connectivity index (χ2n) is 30.3. The molecule has 0 amide bonds. The van der Waals surface area contributed by atoms with Crippen LogP contribution >= 0.6 is 28.3 Å². The zero-order chi connectivity index (χ0) is 77.8. The van der Waals surface area contributed by atoms with Crippen LogP contribution in [-0.2, 0) is 29.5 Å². The molecule has 111 heavy (non-hydrogen) atoms. The smallest absolute Gasteiger partial charge is 0.222 e. The molecule has 5 unspecified atom stereocenters. The van der Waals surface area contributed by atoms with Crippen LogP contribution in [0.15, 0.2) is 188 Å². The topological polar surface area (TPSA) is 252 Å². The lowest BCUT2D eigenvalue weighted by Crippen LogP contribution is -2.53. The number of benzene rings is 7. The Morgan fingerprint density at radius 1 is 0.514 bits per heavy atom. The van der Waals surface area contributed by atoms with E-state index < -0.39 is 44.6 Å². The molecule has 4 saturated heterocycles. The van der Waals surface area contributed by atoms with Gasteiger partial charge in [-0.25, -0.2) is 20.4 Å². The highest BCUT2D eigenvalue weighted by Crippen LogP contribution is 2.52. The minimum atomic E-state index is -1.31. The number of halogens is 2. The maximum Gasteiger partial charge on any atom is 0.222 e. The van der Waals surface area contributed by atoms with Crippen LogP contribution in [0.25, 0.3) is 0 Å². The van der Waals surface area contributed by atoms with Crippen molar-refractivity contribution >= 4 is 74.1 Å². The van der Waals surface area contributed by atoms with Crippen LogP contribution in [0.5, 0.6) is 23.0 Å². The van der Waals surface area contributed by atoms with Gasteiger partial charge < -0.3 is 48.8 Å². The van der Waals surface area contributed by atoms with Gasteiger partial charge >= 0.3 is 0 Å². The van der Waals surface area contributed by atoms with Crippen molar-refractivity contribution in [1.82, 2.24) is 10.5 Å². The molecule has 0 saturated carbocycles. The van der Waals surface area contributed by atoms with Gasteiger partial charge in [0.15, 0.2) is 28.0 Å². The van der Waals surface area contributed by atoms with E-state index >= 15 is 0 Å². The number of guanidine groups is 1. The van der Waals surface area contributed by atoms with E-state index in [1.54, 1.807) is 12.5 Å². The fraction of sp³-hybridized carbons (Fsp3) is 0.379. The summed E-state index contributed by atoms with van der Waals surface area (Å²) in [5, 5.41) is 18.0. The molecule has 7 aromatic rings. The summed E-state index contributed by atoms with van der Waals surface area (Å²) in [5.74, 6) is 22.5. The highest BCUT2D eigenvalue weighted by molar-refractivity contribution is 9.10. The maximum absolute atomic E-state index is 12.6. The molecule has 0 radical (unpaired) electrons. The minimum Gasteiger partial charge on any atom is -0.484 e. The van der Waals surface area contributed by atoms with Crippen LogP contribution in [0.4, 0.5) is 0 Å². The number of nitrogens with zero attached hydrogens (tertiary/aromatic N) is 6. The summed E-state index contributed by atoms with van der Waals surface area (Å²) < 4.78 is 56.8. The standard InChI is InChI=1S/C23H23N3O3.C22H18N2O2.C21H18O3.C13H13BrO3.C7H18N2Si2.CH5NO.ClH/c1-26-21(24)25-23(29-26)15-22(12-5-13-27-16-22)28-20-11-10-18(14-19(20)23)9-8-17-6-3-2-4-7-17;23-16-24-20-14-22(11-4-12-25-15-22)26-21-10-9-18(13-19(20)21)8-7-17-5-2-1-3-6-17;22-19-14-21(11-4-12-23-15-21)24-20-10-9-17(13-18(19)20)8-7-16-5-2-1-3-6-16;14-9-2-3-12-10(6-9)11(15)7-13(17-12)4-1-5-16-8-13;1-10(2,3)8-7-9-11(4,5)6;1-2-3;/h2-4,6-7,10-11,14H,5,12-13,15-16H2,1H3,(H2,24,25);1-3,5-6,9-10,13H,4,11-12,14-15H2;1-3,5-6,9-10,13H,4,11-12,14-15H2;2-3,6H,1,4-5,7-8H2;1-6H3;2-3H,1H3;1H. The third-order valence-electron chi connectivity index (χ3n) is 18.9. The van der Waals surface area contributed by atoms with Crippen molar-refractivity contribution in [3.8, 4) is 64.7 Å². The number of hydrogen-bond donors (Lipinski definition) is 3. The first kappa shape index (κ1) is 84.0. The Morgan fingerprint density at radius 2 is 0.883 bits per heavy atom. The van der Waals surface area contributed by atoms with Crippen LogP contribution in [0, 0.1) is 47.0 Å². The molecule has 9 heterocycles. The van der Waals surface area contributed by atoms with Crippen molar-refractivity contribution in [3.63, 3.8) is 0 Å². The third kappa shape index (κ3) is 23.1. The first-order chi connectivity index (χ1) is 52.9. The molecule has 5 atom stereocenters. The molecule has 0 aliphatic carbocycles. The second-order valence-corrected chi connectivity index (χ2v) is 40.4. The highest BCUT2D eigenvalue weighted by atomic mass is 79.9. The van der Waals surface area contributed by atoms with E-state index in [4.69, 9.17) is 63.9 Å². The van der Waals surface area contributed by atoms with Gasteiger partial charge in [0.2, 0.25) is 17.9 Å². The predicted molar refractivity (Wildman–Crippen MR) is 440 cm³/mol. The van der Waals surface area contributed by atoms with Crippen LogP contribution < -0.4 is 30.2 Å². The predicted octanol–water partition coefficient (Wildman–Crippen LogP) is 15.9. The normalized spacial score (nSPS) is 23.0. The lowest BCUT2D eigenvalue weighted by Gasteiger charge is -2.46. The van der Waals surface area contributed by atoms with Crippen LogP contribution in [0.3, 0.4) is 0 Å². The lowest BCUT2D eigenvalue weighted by atomic mass is 9.81. The summed E-state index contributed by atoms with van der Waals surface area (Å²) in [6.07, 6.45) is 11.2. The summed E-state index contributed by atoms with van der Waals surface area (Å²) >= 11 is 3.37. The van der Waals surface area contributed by atoms with Gasteiger partial charge in [-0.05, 0) is 200 Å². The average molecular weight is 1620 g/mol. The zero-order valence-electron chi connectivity index (χ0n) is 64.2. The quantitative estimate of drug-likeness (QED) is 0.0478. The largest absolute Gasteiger partial charge is 0.484 e. The van der Waals surface area contributed by atoms with Gasteiger partial charge in [-0.1, -0.05) is 106 Å². The Labute approximate surface area is 668 Å². The minimum absolute atomic E-state index is 0. The van der Waals surface area contributed by atoms with Crippen LogP contribution in [-0.4, -0.2) is 145 Å². The van der Waals surface area contributed by atoms with E-state index in [-0.39, 0.29) is 24.0 Å². The molecule has 9 aliphatic heterocycles. The number of fused-ring (bicyclic) bond motifs is 5. The van der Waals surface area contributed by atoms with Crippen molar-refractivity contribution in [2.45, 2.75) is 144 Å². The van der Waals surface area contributed by atoms with Crippen molar-refractivity contribution in [3.05, 3.63) is 224 Å². The molecular weight excluding hydrogens is 1520 g/mol. The maximum atomic E-state index is 12.6. The first-order valence-electron chi connectivity index (χ1n) is 37.2. The number of hydrogen-bond acceptors (Lipinski definition) is 20. The Kier molecular flexibility index (Phi) is 28.8. The van der Waals surface area contributed by atoms with Crippen molar-refractivity contribution in [1.29, 1.82) is 5.26 Å². The van der Waals surface area contributed by atoms with Gasteiger partial charge in [0.05, 0.1) is 67.7 Å². The lowest BCUT2D eigenvalue weighted by molar-refractivity contribution is -0.216. The van der Waals surface area contributed by atoms with Gasteiger partial charge in [-0.2, -0.15) is 10.3 Å². The molecule has 4 N–H and O–H groups in total. The summed E-state index contributed by atoms with van der Waals surface area (Å²) in [7, 11) is 0.571. The van der Waals surface area contributed by atoms with E-state index in [1.165, 1.54) is 12.1 Å². The number of nitriles is 1. The monoisotopic (exact) mass is 1610 g/mol. The summed E-state index contributed by atoms with van der Waals surface area (Å²) in [5.41, 5.74) is 14.4. The summed E-state index contributed by atoms with van der Waals surface area (Å²) in [4.78, 5) is 39.7. The number of Topliss-reactive ketones (excluding diaryl/α,β-unsaturated/α-hetero) is 2. The van der Waals surface area contributed by atoms with Crippen molar-refractivity contribution < 1.29 is 57.5 Å². The second kappa shape index (κ2) is 38.1. The molecule has 20 nitrogen and oxygen atoms in total. The number of carbonyl (C=O) groups is 2. The molecule has 5 spiro atoms. The molecule has 0 aromatic heterocycles. The number of nitrogens with one attached hydrogen (secondary N) is 1. The number of rotatable bonds is 2. The number of hydroxylamine groups is 3. The zero-order valence-corrected chi connectivity index (χ0v) is 68.6. The van der Waals surface area contributed by atoms with Gasteiger partial charge in [0, 0.05) is 96.8 Å². The highest BCUT2D eigenvalue weighted by Gasteiger charge is 2.55. The number of ketones is 2. The van der Waals surface area contributed by atoms with Gasteiger partial charge in [-0.3, -0.25) is 18.9 Å². The Morgan fingerprint density at radius 3 is 1.29 bits per heavy atom. The molecule has 0 bridgehead atoms. The summed E-state index contributed by atoms with van der Waals surface area (Å²) in [6, 6.07) is 55.3.